The van der Waals surface area contributed by atoms with E-state index >= 15 is 0 Å². The first kappa shape index (κ1) is 12.1. The summed E-state index contributed by atoms with van der Waals surface area (Å²) < 4.78 is 24.9. The summed E-state index contributed by atoms with van der Waals surface area (Å²) >= 11 is 0. The van der Waals surface area contributed by atoms with Gasteiger partial charge in [0.05, 0.1) is 0 Å². The topological polar surface area (TPSA) is 40.5 Å². The van der Waals surface area contributed by atoms with E-state index in [1.165, 1.54) is 0 Å². The SMILES string of the molecule is CC.OB(O)c1cc(F)ccc1F. The molecule has 0 amide bonds. The Bertz CT molecular complexity index is 266. The minimum absolute atomic E-state index is 0.454. The molecule has 0 aliphatic carbocycles. The summed E-state index contributed by atoms with van der Waals surface area (Å²) in [5, 5.41) is 17.0. The van der Waals surface area contributed by atoms with Gasteiger partial charge in [-0.2, -0.15) is 0 Å². The number of rotatable bonds is 1. The zero-order chi connectivity index (χ0) is 10.4. The summed E-state index contributed by atoms with van der Waals surface area (Å²) in [5.74, 6) is -1.53. The van der Waals surface area contributed by atoms with Crippen LogP contribution in [0.25, 0.3) is 0 Å². The molecule has 1 rings (SSSR count). The molecule has 2 N–H and O–H groups in total. The molecule has 72 valence electrons. The quantitative estimate of drug-likeness (QED) is 0.636. The van der Waals surface area contributed by atoms with E-state index in [1.54, 1.807) is 0 Å². The van der Waals surface area contributed by atoms with Gasteiger partial charge >= 0.3 is 7.12 Å². The summed E-state index contributed by atoms with van der Waals surface area (Å²) in [6.45, 7) is 4.00. The molecule has 0 aliphatic rings. The fourth-order valence-electron chi connectivity index (χ4n) is 0.712. The molecular formula is C8H11BF2O2. The van der Waals surface area contributed by atoms with E-state index in [1.807, 2.05) is 13.8 Å². The fraction of sp³-hybridized carbons (Fsp3) is 0.250. The highest BCUT2D eigenvalue weighted by molar-refractivity contribution is 6.58. The molecule has 0 atom stereocenters. The Morgan fingerprint density at radius 2 is 1.69 bits per heavy atom. The van der Waals surface area contributed by atoms with Crippen molar-refractivity contribution < 1.29 is 18.8 Å². The standard InChI is InChI=1S/C6H5BF2O2.C2H6/c8-4-1-2-6(9)5(3-4)7(10)11;1-2/h1-3,10-11H;1-2H3. The molecule has 0 saturated carbocycles. The maximum absolute atomic E-state index is 12.5. The van der Waals surface area contributed by atoms with E-state index in [-0.39, 0.29) is 0 Å². The third kappa shape index (κ3) is 3.52. The average Bonchev–Trinajstić information content (AvgIpc) is 2.12. The van der Waals surface area contributed by atoms with Crippen molar-refractivity contribution in [1.82, 2.24) is 0 Å². The van der Waals surface area contributed by atoms with Gasteiger partial charge in [-0.25, -0.2) is 8.78 Å². The van der Waals surface area contributed by atoms with E-state index in [0.717, 1.165) is 18.2 Å². The van der Waals surface area contributed by atoms with Gasteiger partial charge in [0.2, 0.25) is 0 Å². The summed E-state index contributed by atoms with van der Waals surface area (Å²) in [5.41, 5.74) is -0.454. The highest BCUT2D eigenvalue weighted by Gasteiger charge is 2.16. The third-order valence-corrected chi connectivity index (χ3v) is 1.24. The maximum Gasteiger partial charge on any atom is 0.491 e. The van der Waals surface area contributed by atoms with Crippen LogP contribution in [0.1, 0.15) is 13.8 Å². The Hall–Kier alpha value is -0.935. The van der Waals surface area contributed by atoms with Crippen molar-refractivity contribution >= 4 is 12.6 Å². The Morgan fingerprint density at radius 3 is 2.08 bits per heavy atom. The smallest absolute Gasteiger partial charge is 0.423 e. The van der Waals surface area contributed by atoms with E-state index in [2.05, 4.69) is 0 Å². The van der Waals surface area contributed by atoms with Gasteiger partial charge in [0.25, 0.3) is 0 Å². The normalized spacial score (nSPS) is 8.77. The molecule has 0 aromatic heterocycles. The Morgan fingerprint density at radius 1 is 1.15 bits per heavy atom. The summed E-state index contributed by atoms with van der Waals surface area (Å²) in [7, 11) is -1.97. The lowest BCUT2D eigenvalue weighted by Crippen LogP contribution is -2.32. The van der Waals surface area contributed by atoms with Crippen molar-refractivity contribution in [3.63, 3.8) is 0 Å². The van der Waals surface area contributed by atoms with Gasteiger partial charge in [-0.15, -0.1) is 0 Å². The van der Waals surface area contributed by atoms with E-state index in [4.69, 9.17) is 10.0 Å². The zero-order valence-electron chi connectivity index (χ0n) is 7.46. The largest absolute Gasteiger partial charge is 0.491 e. The van der Waals surface area contributed by atoms with E-state index in [0.29, 0.717) is 0 Å². The molecule has 0 spiro atoms. The summed E-state index contributed by atoms with van der Waals surface area (Å²) in [6, 6.07) is 2.48. The lowest BCUT2D eigenvalue weighted by atomic mass is 9.80. The highest BCUT2D eigenvalue weighted by atomic mass is 19.1. The van der Waals surface area contributed by atoms with Crippen LogP contribution >= 0.6 is 0 Å². The van der Waals surface area contributed by atoms with Crippen LogP contribution in [0.2, 0.25) is 0 Å². The molecular weight excluding hydrogens is 177 g/mol. The van der Waals surface area contributed by atoms with Gasteiger partial charge in [-0.05, 0) is 18.2 Å². The third-order valence-electron chi connectivity index (χ3n) is 1.24. The molecule has 0 unspecified atom stereocenters. The summed E-state index contributed by atoms with van der Waals surface area (Å²) in [4.78, 5) is 0. The van der Waals surface area contributed by atoms with Gasteiger partial charge in [0.15, 0.2) is 0 Å². The van der Waals surface area contributed by atoms with Gasteiger partial charge in [0, 0.05) is 5.46 Å². The number of benzene rings is 1. The Balaban J connectivity index is 0.000000671. The molecule has 0 bridgehead atoms. The van der Waals surface area contributed by atoms with Gasteiger partial charge < -0.3 is 10.0 Å². The van der Waals surface area contributed by atoms with Crippen LogP contribution in [-0.4, -0.2) is 17.2 Å². The Kier molecular flexibility index (Phi) is 5.26. The van der Waals surface area contributed by atoms with Gasteiger partial charge in [-0.1, -0.05) is 13.8 Å². The average molecular weight is 188 g/mol. The van der Waals surface area contributed by atoms with E-state index < -0.39 is 24.2 Å². The van der Waals surface area contributed by atoms with Crippen molar-refractivity contribution in [2.75, 3.05) is 0 Å². The first-order valence-electron chi connectivity index (χ1n) is 3.92. The van der Waals surface area contributed by atoms with Crippen LogP contribution in [0.5, 0.6) is 0 Å². The number of halogens is 2. The second-order valence-electron chi connectivity index (χ2n) is 2.04. The zero-order valence-corrected chi connectivity index (χ0v) is 7.46. The van der Waals surface area contributed by atoms with Gasteiger partial charge in [0.1, 0.15) is 11.6 Å². The lowest BCUT2D eigenvalue weighted by Gasteiger charge is -1.99. The molecule has 13 heavy (non-hydrogen) atoms. The van der Waals surface area contributed by atoms with Crippen LogP contribution in [0.4, 0.5) is 8.78 Å². The Labute approximate surface area is 76.0 Å². The molecule has 0 heterocycles. The highest BCUT2D eigenvalue weighted by Crippen LogP contribution is 1.98. The molecule has 0 aliphatic heterocycles. The number of hydrogen-bond acceptors (Lipinski definition) is 2. The van der Waals surface area contributed by atoms with Crippen molar-refractivity contribution in [1.29, 1.82) is 0 Å². The molecule has 0 saturated heterocycles. The molecule has 0 fully saturated rings. The van der Waals surface area contributed by atoms with Crippen molar-refractivity contribution in [3.05, 3.63) is 29.8 Å². The first-order chi connectivity index (χ1) is 6.11. The van der Waals surface area contributed by atoms with Gasteiger partial charge in [-0.3, -0.25) is 0 Å². The van der Waals surface area contributed by atoms with Crippen molar-refractivity contribution in [3.8, 4) is 0 Å². The van der Waals surface area contributed by atoms with Crippen molar-refractivity contribution in [2.45, 2.75) is 13.8 Å². The predicted molar refractivity (Wildman–Crippen MR) is 47.5 cm³/mol. The van der Waals surface area contributed by atoms with Crippen LogP contribution in [0.15, 0.2) is 18.2 Å². The first-order valence-corrected chi connectivity index (χ1v) is 3.92. The molecule has 2 nitrogen and oxygen atoms in total. The fourth-order valence-corrected chi connectivity index (χ4v) is 0.712. The minimum atomic E-state index is -1.97. The van der Waals surface area contributed by atoms with Crippen LogP contribution < -0.4 is 5.46 Å². The van der Waals surface area contributed by atoms with Crippen LogP contribution in [-0.2, 0) is 0 Å². The molecule has 1 aromatic carbocycles. The molecule has 5 heteroatoms. The molecule has 0 radical (unpaired) electrons. The van der Waals surface area contributed by atoms with E-state index in [9.17, 15) is 8.78 Å². The van der Waals surface area contributed by atoms with Crippen molar-refractivity contribution in [2.24, 2.45) is 0 Å². The monoisotopic (exact) mass is 188 g/mol. The summed E-state index contributed by atoms with van der Waals surface area (Å²) in [6.07, 6.45) is 0. The second-order valence-corrected chi connectivity index (χ2v) is 2.04. The minimum Gasteiger partial charge on any atom is -0.423 e. The predicted octanol–water partition coefficient (Wildman–Crippen LogP) is 0.671. The lowest BCUT2D eigenvalue weighted by molar-refractivity contribution is 0.422. The maximum atomic E-state index is 12.5. The second kappa shape index (κ2) is 5.67. The molecule has 1 aromatic rings. The van der Waals surface area contributed by atoms with Crippen LogP contribution in [0, 0.1) is 11.6 Å². The number of hydrogen-bond donors (Lipinski definition) is 2. The van der Waals surface area contributed by atoms with Crippen LogP contribution in [0.3, 0.4) is 0 Å².